The van der Waals surface area contributed by atoms with Crippen LogP contribution in [0.5, 0.6) is 0 Å². The van der Waals surface area contributed by atoms with Crippen LogP contribution in [0, 0.1) is 0 Å². The highest BCUT2D eigenvalue weighted by Crippen LogP contribution is 2.24. The SMILES string of the molecule is CN(CCC(F)(F)F)c1nc2ccccn2c1CCN. The average molecular weight is 286 g/mol. The lowest BCUT2D eigenvalue weighted by Crippen LogP contribution is -2.25. The summed E-state index contributed by atoms with van der Waals surface area (Å²) < 4.78 is 38.8. The van der Waals surface area contributed by atoms with Crippen LogP contribution >= 0.6 is 0 Å². The van der Waals surface area contributed by atoms with Crippen LogP contribution in [0.4, 0.5) is 19.0 Å². The Morgan fingerprint density at radius 3 is 2.75 bits per heavy atom. The van der Waals surface area contributed by atoms with Crippen molar-refractivity contribution in [3.63, 3.8) is 0 Å². The second-order valence-electron chi connectivity index (χ2n) is 4.64. The molecule has 2 heterocycles. The summed E-state index contributed by atoms with van der Waals surface area (Å²) in [6, 6.07) is 5.52. The Balaban J connectivity index is 2.30. The lowest BCUT2D eigenvalue weighted by Gasteiger charge is -2.19. The highest BCUT2D eigenvalue weighted by molar-refractivity contribution is 5.55. The van der Waals surface area contributed by atoms with Crippen molar-refractivity contribution >= 4 is 11.5 Å². The molecule has 110 valence electrons. The van der Waals surface area contributed by atoms with E-state index in [-0.39, 0.29) is 6.54 Å². The van der Waals surface area contributed by atoms with Gasteiger partial charge in [-0.1, -0.05) is 6.07 Å². The van der Waals surface area contributed by atoms with Gasteiger partial charge in [-0.3, -0.25) is 0 Å². The van der Waals surface area contributed by atoms with Crippen molar-refractivity contribution in [1.82, 2.24) is 9.38 Å². The van der Waals surface area contributed by atoms with Gasteiger partial charge in [0.15, 0.2) is 5.82 Å². The Bertz CT molecular complexity index is 576. The van der Waals surface area contributed by atoms with Crippen molar-refractivity contribution in [3.05, 3.63) is 30.1 Å². The molecule has 7 heteroatoms. The van der Waals surface area contributed by atoms with E-state index in [1.54, 1.807) is 7.05 Å². The number of nitrogens with two attached hydrogens (primary N) is 1. The van der Waals surface area contributed by atoms with E-state index in [0.29, 0.717) is 24.4 Å². The molecule has 0 aliphatic carbocycles. The Kier molecular flexibility index (Phi) is 4.17. The van der Waals surface area contributed by atoms with Gasteiger partial charge in [0, 0.05) is 26.2 Å². The average Bonchev–Trinajstić information content (AvgIpc) is 2.75. The third kappa shape index (κ3) is 3.22. The molecule has 2 aromatic rings. The molecule has 0 spiro atoms. The summed E-state index contributed by atoms with van der Waals surface area (Å²) >= 11 is 0. The highest BCUT2D eigenvalue weighted by Gasteiger charge is 2.28. The zero-order chi connectivity index (χ0) is 14.8. The normalized spacial score (nSPS) is 12.1. The van der Waals surface area contributed by atoms with Crippen LogP contribution in [0.1, 0.15) is 12.1 Å². The summed E-state index contributed by atoms with van der Waals surface area (Å²) in [7, 11) is 1.62. The standard InChI is InChI=1S/C13H17F3N4/c1-19(9-6-13(14,15)16)12-10(5-7-17)20-8-3-2-4-11(20)18-12/h2-4,8H,5-7,9,17H2,1H3. The van der Waals surface area contributed by atoms with Crippen molar-refractivity contribution in [2.75, 3.05) is 25.0 Å². The minimum atomic E-state index is -4.17. The molecule has 2 N–H and O–H groups in total. The number of anilines is 1. The first kappa shape index (κ1) is 14.6. The number of hydrogen-bond donors (Lipinski definition) is 1. The first-order valence-electron chi connectivity index (χ1n) is 6.36. The van der Waals surface area contributed by atoms with E-state index in [1.807, 2.05) is 28.8 Å². The molecule has 0 bridgehead atoms. The van der Waals surface area contributed by atoms with E-state index < -0.39 is 12.6 Å². The quantitative estimate of drug-likeness (QED) is 0.917. The number of nitrogens with zero attached hydrogens (tertiary/aromatic N) is 3. The Morgan fingerprint density at radius 1 is 1.35 bits per heavy atom. The van der Waals surface area contributed by atoms with Crippen LogP contribution in [-0.2, 0) is 6.42 Å². The summed E-state index contributed by atoms with van der Waals surface area (Å²) in [5.74, 6) is 0.561. The molecular formula is C13H17F3N4. The van der Waals surface area contributed by atoms with Crippen LogP contribution in [0.15, 0.2) is 24.4 Å². The molecule has 0 saturated carbocycles. The van der Waals surface area contributed by atoms with E-state index >= 15 is 0 Å². The molecule has 0 aliphatic rings. The number of pyridine rings is 1. The predicted octanol–water partition coefficient (Wildman–Crippen LogP) is 2.22. The van der Waals surface area contributed by atoms with Crippen LogP contribution < -0.4 is 10.6 Å². The Morgan fingerprint density at radius 2 is 2.10 bits per heavy atom. The van der Waals surface area contributed by atoms with Crippen LogP contribution in [0.25, 0.3) is 5.65 Å². The van der Waals surface area contributed by atoms with Crippen LogP contribution in [0.2, 0.25) is 0 Å². The number of aromatic nitrogens is 2. The molecule has 2 aromatic heterocycles. The van der Waals surface area contributed by atoms with Crippen molar-refractivity contribution in [3.8, 4) is 0 Å². The van der Waals surface area contributed by atoms with Gasteiger partial charge in [-0.2, -0.15) is 13.2 Å². The van der Waals surface area contributed by atoms with E-state index in [1.165, 1.54) is 4.90 Å². The molecular weight excluding hydrogens is 269 g/mol. The molecule has 0 amide bonds. The Labute approximate surface area is 115 Å². The zero-order valence-corrected chi connectivity index (χ0v) is 11.2. The van der Waals surface area contributed by atoms with Crippen molar-refractivity contribution in [2.45, 2.75) is 19.0 Å². The zero-order valence-electron chi connectivity index (χ0n) is 11.2. The summed E-state index contributed by atoms with van der Waals surface area (Å²) in [4.78, 5) is 5.93. The second kappa shape index (κ2) is 5.70. The third-order valence-corrected chi connectivity index (χ3v) is 3.08. The maximum atomic E-state index is 12.3. The molecule has 2 rings (SSSR count). The number of imidazole rings is 1. The fourth-order valence-electron chi connectivity index (χ4n) is 2.11. The lowest BCUT2D eigenvalue weighted by molar-refractivity contribution is -0.132. The van der Waals surface area contributed by atoms with Crippen molar-refractivity contribution < 1.29 is 13.2 Å². The van der Waals surface area contributed by atoms with Gasteiger partial charge >= 0.3 is 6.18 Å². The monoisotopic (exact) mass is 286 g/mol. The predicted molar refractivity (Wildman–Crippen MR) is 71.9 cm³/mol. The topological polar surface area (TPSA) is 46.6 Å². The fraction of sp³-hybridized carbons (Fsp3) is 0.462. The van der Waals surface area contributed by atoms with Gasteiger partial charge in [0.1, 0.15) is 5.65 Å². The molecule has 0 fully saturated rings. The van der Waals surface area contributed by atoms with Gasteiger partial charge in [-0.15, -0.1) is 0 Å². The minimum absolute atomic E-state index is 0.120. The molecule has 0 aromatic carbocycles. The largest absolute Gasteiger partial charge is 0.390 e. The van der Waals surface area contributed by atoms with Gasteiger partial charge in [0.25, 0.3) is 0 Å². The van der Waals surface area contributed by atoms with E-state index in [9.17, 15) is 13.2 Å². The van der Waals surface area contributed by atoms with Crippen molar-refractivity contribution in [1.29, 1.82) is 0 Å². The molecule has 0 atom stereocenters. The third-order valence-electron chi connectivity index (χ3n) is 3.08. The number of alkyl halides is 3. The number of hydrogen-bond acceptors (Lipinski definition) is 3. The van der Waals surface area contributed by atoms with E-state index in [2.05, 4.69) is 4.98 Å². The van der Waals surface area contributed by atoms with Crippen LogP contribution in [0.3, 0.4) is 0 Å². The lowest BCUT2D eigenvalue weighted by atomic mass is 10.3. The molecule has 0 aliphatic heterocycles. The van der Waals surface area contributed by atoms with Crippen molar-refractivity contribution in [2.24, 2.45) is 5.73 Å². The molecule has 20 heavy (non-hydrogen) atoms. The molecule has 0 radical (unpaired) electrons. The number of fused-ring (bicyclic) bond motifs is 1. The fourth-order valence-corrected chi connectivity index (χ4v) is 2.11. The maximum Gasteiger partial charge on any atom is 0.390 e. The van der Waals surface area contributed by atoms with Gasteiger partial charge in [-0.05, 0) is 18.7 Å². The summed E-state index contributed by atoms with van der Waals surface area (Å²) in [6.45, 7) is 0.299. The summed E-state index contributed by atoms with van der Waals surface area (Å²) in [6.07, 6.45) is -2.62. The van der Waals surface area contributed by atoms with Gasteiger partial charge in [-0.25, -0.2) is 4.98 Å². The molecule has 0 saturated heterocycles. The van der Waals surface area contributed by atoms with Gasteiger partial charge < -0.3 is 15.0 Å². The highest BCUT2D eigenvalue weighted by atomic mass is 19.4. The summed E-state index contributed by atoms with van der Waals surface area (Å²) in [5, 5.41) is 0. The first-order chi connectivity index (χ1) is 9.42. The second-order valence-corrected chi connectivity index (χ2v) is 4.64. The molecule has 4 nitrogen and oxygen atoms in total. The van der Waals surface area contributed by atoms with Gasteiger partial charge in [0.2, 0.25) is 0 Å². The van der Waals surface area contributed by atoms with Crippen LogP contribution in [-0.4, -0.2) is 35.7 Å². The first-order valence-corrected chi connectivity index (χ1v) is 6.36. The Hall–Kier alpha value is -1.76. The minimum Gasteiger partial charge on any atom is -0.358 e. The number of rotatable bonds is 5. The van der Waals surface area contributed by atoms with E-state index in [0.717, 1.165) is 5.69 Å². The number of halogens is 3. The maximum absolute atomic E-state index is 12.3. The summed E-state index contributed by atoms with van der Waals surface area (Å²) in [5.41, 5.74) is 7.14. The smallest absolute Gasteiger partial charge is 0.358 e. The van der Waals surface area contributed by atoms with E-state index in [4.69, 9.17) is 5.73 Å². The van der Waals surface area contributed by atoms with Gasteiger partial charge in [0.05, 0.1) is 12.1 Å². The molecule has 0 unspecified atom stereocenters.